The van der Waals surface area contributed by atoms with Crippen molar-refractivity contribution >= 4 is 11.8 Å². The molecule has 0 saturated carbocycles. The lowest BCUT2D eigenvalue weighted by Gasteiger charge is -2.09. The average molecular weight is 477 g/mol. The number of hydrogen-bond acceptors (Lipinski definition) is 4. The highest BCUT2D eigenvalue weighted by atomic mass is 16.5. The largest absolute Gasteiger partial charge is 0.380 e. The molecule has 6 heteroatoms. The second-order valence-electron chi connectivity index (χ2n) is 8.85. The van der Waals surface area contributed by atoms with E-state index in [1.54, 1.807) is 24.3 Å². The first-order valence-corrected chi connectivity index (χ1v) is 13.5. The van der Waals surface area contributed by atoms with E-state index >= 15 is 0 Å². The van der Waals surface area contributed by atoms with Gasteiger partial charge in [0.2, 0.25) is 0 Å². The molecule has 0 unspecified atom stereocenters. The molecule has 0 saturated heterocycles. The zero-order valence-corrected chi connectivity index (χ0v) is 21.7. The molecular weight excluding hydrogens is 428 g/mol. The Balaban J connectivity index is 2.13. The molecule has 0 heterocycles. The fourth-order valence-electron chi connectivity index (χ4n) is 3.65. The minimum atomic E-state index is -0.194. The van der Waals surface area contributed by atoms with Gasteiger partial charge < -0.3 is 20.1 Å². The summed E-state index contributed by atoms with van der Waals surface area (Å²) >= 11 is 0. The molecule has 0 aliphatic rings. The highest BCUT2D eigenvalue weighted by molar-refractivity contribution is 5.99. The summed E-state index contributed by atoms with van der Waals surface area (Å²) in [6.45, 7) is 7.83. The first-order chi connectivity index (χ1) is 16.7. The van der Waals surface area contributed by atoms with Crippen LogP contribution in [0, 0.1) is 0 Å². The molecule has 2 amide bonds. The molecule has 34 heavy (non-hydrogen) atoms. The summed E-state index contributed by atoms with van der Waals surface area (Å²) in [5.41, 5.74) is 0.950. The Labute approximate surface area is 207 Å². The monoisotopic (exact) mass is 476 g/mol. The Morgan fingerprint density at radius 1 is 0.618 bits per heavy atom. The van der Waals surface area contributed by atoms with E-state index < -0.39 is 0 Å². The van der Waals surface area contributed by atoms with Crippen LogP contribution in [-0.2, 0) is 9.47 Å². The molecule has 194 valence electrons. The van der Waals surface area contributed by atoms with Crippen LogP contribution in [0.1, 0.15) is 112 Å². The number of unbranched alkanes of at least 4 members (excludes halogenated alkanes) is 10. The molecule has 0 aliphatic heterocycles. The lowest BCUT2D eigenvalue weighted by atomic mass is 10.1. The van der Waals surface area contributed by atoms with E-state index in [1.165, 1.54) is 64.2 Å². The smallest absolute Gasteiger partial charge is 0.251 e. The number of carbonyl (C=O) groups is 2. The van der Waals surface area contributed by atoms with Crippen LogP contribution in [0.25, 0.3) is 0 Å². The van der Waals surface area contributed by atoms with Crippen LogP contribution in [0.2, 0.25) is 0 Å². The van der Waals surface area contributed by atoms with Crippen molar-refractivity contribution in [1.29, 1.82) is 0 Å². The summed E-state index contributed by atoms with van der Waals surface area (Å²) in [6, 6.07) is 6.78. The van der Waals surface area contributed by atoms with E-state index in [-0.39, 0.29) is 11.8 Å². The minimum Gasteiger partial charge on any atom is -0.380 e. The van der Waals surface area contributed by atoms with E-state index in [0.29, 0.717) is 37.4 Å². The third kappa shape index (κ3) is 15.8. The molecule has 2 N–H and O–H groups in total. The zero-order chi connectivity index (χ0) is 24.7. The normalized spacial score (nSPS) is 10.9. The number of nitrogens with one attached hydrogen (secondary N) is 2. The van der Waals surface area contributed by atoms with Gasteiger partial charge in [-0.1, -0.05) is 84.1 Å². The number of rotatable bonds is 22. The topological polar surface area (TPSA) is 76.7 Å². The van der Waals surface area contributed by atoms with Gasteiger partial charge in [-0.25, -0.2) is 0 Å². The van der Waals surface area contributed by atoms with Crippen molar-refractivity contribution in [2.45, 2.75) is 90.9 Å². The van der Waals surface area contributed by atoms with Crippen LogP contribution in [0.5, 0.6) is 0 Å². The molecule has 0 spiro atoms. The van der Waals surface area contributed by atoms with Gasteiger partial charge in [-0.2, -0.15) is 0 Å². The molecule has 1 aromatic carbocycles. The quantitative estimate of drug-likeness (QED) is 0.204. The van der Waals surface area contributed by atoms with Crippen LogP contribution in [0.3, 0.4) is 0 Å². The highest BCUT2D eigenvalue weighted by Crippen LogP contribution is 2.07. The summed E-state index contributed by atoms with van der Waals surface area (Å²) in [4.78, 5) is 24.8. The van der Waals surface area contributed by atoms with E-state index in [2.05, 4.69) is 24.5 Å². The van der Waals surface area contributed by atoms with Gasteiger partial charge in [-0.15, -0.1) is 0 Å². The Bertz CT molecular complexity index is 600. The molecular formula is C28H48N2O4. The van der Waals surface area contributed by atoms with Crippen molar-refractivity contribution in [3.05, 3.63) is 35.4 Å². The van der Waals surface area contributed by atoms with Gasteiger partial charge in [0, 0.05) is 37.4 Å². The predicted molar refractivity (Wildman–Crippen MR) is 139 cm³/mol. The molecule has 1 rings (SSSR count). The van der Waals surface area contributed by atoms with Gasteiger partial charge in [0.05, 0.1) is 13.2 Å². The van der Waals surface area contributed by atoms with Gasteiger partial charge in [0.1, 0.15) is 0 Å². The van der Waals surface area contributed by atoms with Crippen molar-refractivity contribution in [2.75, 3.05) is 39.5 Å². The fourth-order valence-corrected chi connectivity index (χ4v) is 3.65. The van der Waals surface area contributed by atoms with Crippen molar-refractivity contribution in [2.24, 2.45) is 0 Å². The van der Waals surface area contributed by atoms with Crippen molar-refractivity contribution in [3.63, 3.8) is 0 Å². The van der Waals surface area contributed by atoms with Crippen LogP contribution in [0.4, 0.5) is 0 Å². The SMILES string of the molecule is CCCCCCCCOCCNC(=O)c1cccc(C(=O)NCCOCCCCCCCC)c1. The maximum atomic E-state index is 12.4. The third-order valence-electron chi connectivity index (χ3n) is 5.74. The summed E-state index contributed by atoms with van der Waals surface area (Å²) in [7, 11) is 0. The Morgan fingerprint density at radius 3 is 1.47 bits per heavy atom. The Kier molecular flexibility index (Phi) is 19.1. The van der Waals surface area contributed by atoms with E-state index in [4.69, 9.17) is 9.47 Å². The Morgan fingerprint density at radius 2 is 1.03 bits per heavy atom. The van der Waals surface area contributed by atoms with Gasteiger partial charge in [0.25, 0.3) is 11.8 Å². The second kappa shape index (κ2) is 21.6. The number of amides is 2. The predicted octanol–water partition coefficient (Wildman–Crippen LogP) is 5.90. The Hall–Kier alpha value is -1.92. The van der Waals surface area contributed by atoms with Crippen molar-refractivity contribution in [3.8, 4) is 0 Å². The fraction of sp³-hybridized carbons (Fsp3) is 0.714. The summed E-state index contributed by atoms with van der Waals surface area (Å²) in [6.07, 6.45) is 14.8. The van der Waals surface area contributed by atoms with Crippen molar-refractivity contribution < 1.29 is 19.1 Å². The summed E-state index contributed by atoms with van der Waals surface area (Å²) < 4.78 is 11.2. The molecule has 0 atom stereocenters. The standard InChI is InChI=1S/C28H48N2O4/c1-3-5-7-9-11-13-20-33-22-18-29-27(31)25-16-15-17-26(24-25)28(32)30-19-23-34-21-14-12-10-8-6-4-2/h15-17,24H,3-14,18-23H2,1-2H3,(H,29,31)(H,30,32). The second-order valence-corrected chi connectivity index (χ2v) is 8.85. The van der Waals surface area contributed by atoms with Gasteiger partial charge in [-0.3, -0.25) is 9.59 Å². The third-order valence-corrected chi connectivity index (χ3v) is 5.74. The average Bonchev–Trinajstić information content (AvgIpc) is 2.86. The number of carbonyl (C=O) groups excluding carboxylic acids is 2. The zero-order valence-electron chi connectivity index (χ0n) is 21.7. The number of benzene rings is 1. The lowest BCUT2D eigenvalue weighted by Crippen LogP contribution is -2.29. The van der Waals surface area contributed by atoms with Gasteiger partial charge in [-0.05, 0) is 31.0 Å². The molecule has 0 aliphatic carbocycles. The molecule has 0 aromatic heterocycles. The number of ether oxygens (including phenoxy) is 2. The van der Waals surface area contributed by atoms with Crippen LogP contribution >= 0.6 is 0 Å². The highest BCUT2D eigenvalue weighted by Gasteiger charge is 2.10. The first-order valence-electron chi connectivity index (χ1n) is 13.5. The van der Waals surface area contributed by atoms with E-state index in [9.17, 15) is 9.59 Å². The molecule has 0 bridgehead atoms. The molecule has 0 radical (unpaired) electrons. The van der Waals surface area contributed by atoms with Crippen molar-refractivity contribution in [1.82, 2.24) is 10.6 Å². The van der Waals surface area contributed by atoms with Gasteiger partial charge in [0.15, 0.2) is 0 Å². The maximum absolute atomic E-state index is 12.4. The van der Waals surface area contributed by atoms with E-state index in [0.717, 1.165) is 26.1 Å². The minimum absolute atomic E-state index is 0.194. The van der Waals surface area contributed by atoms with E-state index in [1.807, 2.05) is 0 Å². The van der Waals surface area contributed by atoms with Crippen LogP contribution in [-0.4, -0.2) is 51.3 Å². The summed E-state index contributed by atoms with van der Waals surface area (Å²) in [5.74, 6) is -0.389. The molecule has 0 fully saturated rings. The first kappa shape index (κ1) is 30.1. The van der Waals surface area contributed by atoms with Gasteiger partial charge >= 0.3 is 0 Å². The lowest BCUT2D eigenvalue weighted by molar-refractivity contribution is 0.0910. The maximum Gasteiger partial charge on any atom is 0.251 e. The molecule has 1 aromatic rings. The molecule has 6 nitrogen and oxygen atoms in total. The van der Waals surface area contributed by atoms with Crippen LogP contribution in [0.15, 0.2) is 24.3 Å². The summed E-state index contributed by atoms with van der Waals surface area (Å²) in [5, 5.41) is 5.71. The van der Waals surface area contributed by atoms with Crippen LogP contribution < -0.4 is 10.6 Å². The number of hydrogen-bond donors (Lipinski definition) is 2.